The topological polar surface area (TPSA) is 41.6 Å². The molecule has 3 nitrogen and oxygen atoms in total. The molecular weight excluding hydrogens is 249 g/mol. The lowest BCUT2D eigenvalue weighted by Crippen LogP contribution is -2.30. The van der Waals surface area contributed by atoms with Crippen LogP contribution in [0.2, 0.25) is 10.0 Å². The van der Waals surface area contributed by atoms with Gasteiger partial charge in [0.1, 0.15) is 0 Å². The van der Waals surface area contributed by atoms with E-state index in [1.165, 1.54) is 0 Å². The number of carbonyl (C=O) groups excluding carboxylic acids is 1. The molecule has 1 aromatic carbocycles. The van der Waals surface area contributed by atoms with E-state index in [-0.39, 0.29) is 18.1 Å². The van der Waals surface area contributed by atoms with Crippen molar-refractivity contribution in [3.8, 4) is 0 Å². The Morgan fingerprint density at radius 2 is 2.25 bits per heavy atom. The normalized spacial score (nSPS) is 20.3. The highest BCUT2D eigenvalue weighted by Gasteiger charge is 2.32. The first-order chi connectivity index (χ1) is 7.58. The van der Waals surface area contributed by atoms with Crippen molar-refractivity contribution in [2.45, 2.75) is 19.1 Å². The number of ether oxygens (including phenoxy) is 1. The van der Waals surface area contributed by atoms with Crippen LogP contribution in [0.5, 0.6) is 0 Å². The van der Waals surface area contributed by atoms with E-state index in [0.29, 0.717) is 16.7 Å². The number of nitrogens with one attached hydrogen (secondary N) is 1. The Bertz CT molecular complexity index is 418. The second-order valence-electron chi connectivity index (χ2n) is 3.72. The van der Waals surface area contributed by atoms with E-state index in [9.17, 15) is 4.79 Å². The Hall–Kier alpha value is -0.770. The molecule has 2 atom stereocenters. The molecular formula is C11H11Cl2NO2. The zero-order valence-corrected chi connectivity index (χ0v) is 10.2. The first-order valence-corrected chi connectivity index (χ1v) is 5.70. The van der Waals surface area contributed by atoms with E-state index in [2.05, 4.69) is 5.32 Å². The molecule has 0 saturated carbocycles. The molecule has 16 heavy (non-hydrogen) atoms. The standard InChI is InChI=1S/C11H11Cl2NO2/c1-6(14-11(15)10-5-16-10)8-4-7(12)2-3-9(8)13/h2-4,6,10H,5H2,1H3,(H,14,15)/t6-,10?/m1/s1. The van der Waals surface area contributed by atoms with E-state index >= 15 is 0 Å². The van der Waals surface area contributed by atoms with Gasteiger partial charge >= 0.3 is 0 Å². The number of hydrogen-bond donors (Lipinski definition) is 1. The molecule has 2 rings (SSSR count). The fourth-order valence-corrected chi connectivity index (χ4v) is 1.89. The van der Waals surface area contributed by atoms with Gasteiger partial charge in [-0.2, -0.15) is 0 Å². The monoisotopic (exact) mass is 259 g/mol. The van der Waals surface area contributed by atoms with Crippen molar-refractivity contribution in [1.29, 1.82) is 0 Å². The molecule has 5 heteroatoms. The predicted octanol–water partition coefficient (Wildman–Crippen LogP) is 2.57. The highest BCUT2D eigenvalue weighted by atomic mass is 35.5. The lowest BCUT2D eigenvalue weighted by Gasteiger charge is -2.15. The maximum atomic E-state index is 11.5. The Labute approximate surface area is 104 Å². The van der Waals surface area contributed by atoms with Gasteiger partial charge < -0.3 is 10.1 Å². The molecule has 1 N–H and O–H groups in total. The highest BCUT2D eigenvalue weighted by Crippen LogP contribution is 2.26. The molecule has 0 spiro atoms. The summed E-state index contributed by atoms with van der Waals surface area (Å²) in [6, 6.07) is 5.01. The molecule has 1 unspecified atom stereocenters. The Kier molecular flexibility index (Phi) is 3.38. The van der Waals surface area contributed by atoms with E-state index < -0.39 is 0 Å². The van der Waals surface area contributed by atoms with Crippen molar-refractivity contribution < 1.29 is 9.53 Å². The summed E-state index contributed by atoms with van der Waals surface area (Å²) in [5.41, 5.74) is 0.808. The third kappa shape index (κ3) is 2.67. The summed E-state index contributed by atoms with van der Waals surface area (Å²) in [5, 5.41) is 4.01. The molecule has 1 fully saturated rings. The number of rotatable bonds is 3. The van der Waals surface area contributed by atoms with Gasteiger partial charge in [0.25, 0.3) is 5.91 Å². The smallest absolute Gasteiger partial charge is 0.252 e. The number of halogens is 2. The van der Waals surface area contributed by atoms with Gasteiger partial charge in [-0.05, 0) is 30.7 Å². The van der Waals surface area contributed by atoms with Crippen LogP contribution in [0.4, 0.5) is 0 Å². The van der Waals surface area contributed by atoms with Crippen LogP contribution in [0.15, 0.2) is 18.2 Å². The molecule has 0 bridgehead atoms. The molecule has 0 aliphatic carbocycles. The van der Waals surface area contributed by atoms with Crippen LogP contribution in [-0.4, -0.2) is 18.6 Å². The number of amides is 1. The molecule has 1 aliphatic heterocycles. The number of epoxide rings is 1. The van der Waals surface area contributed by atoms with Crippen molar-refractivity contribution in [3.05, 3.63) is 33.8 Å². The zero-order chi connectivity index (χ0) is 11.7. The van der Waals surface area contributed by atoms with Crippen LogP contribution < -0.4 is 5.32 Å². The summed E-state index contributed by atoms with van der Waals surface area (Å²) in [6.07, 6.45) is -0.291. The van der Waals surface area contributed by atoms with E-state index in [4.69, 9.17) is 27.9 Å². The van der Waals surface area contributed by atoms with Gasteiger partial charge in [-0.1, -0.05) is 23.2 Å². The average Bonchev–Trinajstić information content (AvgIpc) is 3.04. The van der Waals surface area contributed by atoms with Gasteiger partial charge in [0.2, 0.25) is 0 Å². The summed E-state index contributed by atoms with van der Waals surface area (Å²) >= 11 is 11.9. The predicted molar refractivity (Wildman–Crippen MR) is 62.8 cm³/mol. The maximum absolute atomic E-state index is 11.5. The van der Waals surface area contributed by atoms with Crippen molar-refractivity contribution in [3.63, 3.8) is 0 Å². The highest BCUT2D eigenvalue weighted by molar-refractivity contribution is 6.33. The lowest BCUT2D eigenvalue weighted by molar-refractivity contribution is -0.122. The van der Waals surface area contributed by atoms with E-state index in [1.807, 2.05) is 6.92 Å². The van der Waals surface area contributed by atoms with Crippen LogP contribution in [-0.2, 0) is 9.53 Å². The summed E-state index contributed by atoms with van der Waals surface area (Å²) in [6.45, 7) is 2.36. The van der Waals surface area contributed by atoms with Gasteiger partial charge in [-0.3, -0.25) is 4.79 Å². The Morgan fingerprint density at radius 3 is 2.88 bits per heavy atom. The van der Waals surface area contributed by atoms with Gasteiger partial charge in [0, 0.05) is 10.0 Å². The largest absolute Gasteiger partial charge is 0.363 e. The van der Waals surface area contributed by atoms with Crippen LogP contribution in [0.1, 0.15) is 18.5 Å². The quantitative estimate of drug-likeness (QED) is 0.848. The molecule has 1 saturated heterocycles. The third-order valence-corrected chi connectivity index (χ3v) is 2.99. The summed E-state index contributed by atoms with van der Waals surface area (Å²) in [4.78, 5) is 11.5. The summed E-state index contributed by atoms with van der Waals surface area (Å²) in [7, 11) is 0. The molecule has 1 amide bonds. The lowest BCUT2D eigenvalue weighted by atomic mass is 10.1. The van der Waals surface area contributed by atoms with Gasteiger partial charge in [-0.25, -0.2) is 0 Å². The Balaban J connectivity index is 2.09. The van der Waals surface area contributed by atoms with Crippen LogP contribution >= 0.6 is 23.2 Å². The molecule has 1 heterocycles. The van der Waals surface area contributed by atoms with E-state index in [1.54, 1.807) is 18.2 Å². The molecule has 0 aromatic heterocycles. The Morgan fingerprint density at radius 1 is 1.56 bits per heavy atom. The molecule has 1 aromatic rings. The van der Waals surface area contributed by atoms with Crippen molar-refractivity contribution in [2.24, 2.45) is 0 Å². The second-order valence-corrected chi connectivity index (χ2v) is 4.56. The van der Waals surface area contributed by atoms with Crippen molar-refractivity contribution in [2.75, 3.05) is 6.61 Å². The SMILES string of the molecule is C[C@@H](NC(=O)C1CO1)c1cc(Cl)ccc1Cl. The summed E-state index contributed by atoms with van der Waals surface area (Å²) in [5.74, 6) is -0.108. The molecule has 1 aliphatic rings. The first kappa shape index (κ1) is 11.7. The van der Waals surface area contributed by atoms with Crippen molar-refractivity contribution in [1.82, 2.24) is 5.32 Å². The minimum atomic E-state index is -0.291. The second kappa shape index (κ2) is 4.62. The number of benzene rings is 1. The maximum Gasteiger partial charge on any atom is 0.252 e. The van der Waals surface area contributed by atoms with Gasteiger partial charge in [0.15, 0.2) is 6.10 Å². The minimum Gasteiger partial charge on any atom is -0.363 e. The number of carbonyl (C=O) groups is 1. The van der Waals surface area contributed by atoms with Crippen LogP contribution in [0, 0.1) is 0 Å². The first-order valence-electron chi connectivity index (χ1n) is 4.95. The van der Waals surface area contributed by atoms with Crippen molar-refractivity contribution >= 4 is 29.1 Å². The minimum absolute atomic E-state index is 0.108. The van der Waals surface area contributed by atoms with E-state index in [0.717, 1.165) is 5.56 Å². The van der Waals surface area contributed by atoms with Gasteiger partial charge in [0.05, 0.1) is 12.6 Å². The van der Waals surface area contributed by atoms with Crippen LogP contribution in [0.25, 0.3) is 0 Å². The summed E-state index contributed by atoms with van der Waals surface area (Å²) < 4.78 is 4.89. The molecule has 86 valence electrons. The number of hydrogen-bond acceptors (Lipinski definition) is 2. The average molecular weight is 260 g/mol. The fourth-order valence-electron chi connectivity index (χ4n) is 1.43. The third-order valence-electron chi connectivity index (χ3n) is 2.41. The fraction of sp³-hybridized carbons (Fsp3) is 0.364. The van der Waals surface area contributed by atoms with Crippen LogP contribution in [0.3, 0.4) is 0 Å². The zero-order valence-electron chi connectivity index (χ0n) is 8.67. The molecule has 0 radical (unpaired) electrons. The van der Waals surface area contributed by atoms with Gasteiger partial charge in [-0.15, -0.1) is 0 Å².